The minimum Gasteiger partial charge on any atom is -0.379 e. The van der Waals surface area contributed by atoms with E-state index in [-0.39, 0.29) is 11.3 Å². The third-order valence-electron chi connectivity index (χ3n) is 3.41. The van der Waals surface area contributed by atoms with Gasteiger partial charge in [0.15, 0.2) is 5.78 Å². The number of ketones is 1. The summed E-state index contributed by atoms with van der Waals surface area (Å²) in [7, 11) is 0. The van der Waals surface area contributed by atoms with Crippen LogP contribution in [0.1, 0.15) is 34.9 Å². The molecule has 23 heavy (non-hydrogen) atoms. The Hall–Kier alpha value is -2.54. The van der Waals surface area contributed by atoms with E-state index in [1.807, 2.05) is 19.1 Å². The molecule has 0 spiro atoms. The molecule has 0 amide bonds. The summed E-state index contributed by atoms with van der Waals surface area (Å²) in [6.07, 6.45) is 0.781. The summed E-state index contributed by atoms with van der Waals surface area (Å²) in [6.45, 7) is 3.97. The summed E-state index contributed by atoms with van der Waals surface area (Å²) in [5.41, 5.74) is 2.03. The van der Waals surface area contributed by atoms with E-state index in [9.17, 15) is 9.59 Å². The maximum Gasteiger partial charge on any atom is 0.275 e. The zero-order valence-corrected chi connectivity index (χ0v) is 13.7. The predicted octanol–water partition coefficient (Wildman–Crippen LogP) is 2.53. The SMILES string of the molecule is CCc1nn2c(=O)cc(CNc3ccc(C(C)=O)cc3)nc2s1. The van der Waals surface area contributed by atoms with Crippen LogP contribution in [0.4, 0.5) is 5.69 Å². The van der Waals surface area contributed by atoms with Gasteiger partial charge in [0.2, 0.25) is 4.96 Å². The second-order valence-corrected chi connectivity index (χ2v) is 6.16. The normalized spacial score (nSPS) is 10.9. The number of hydrogen-bond donors (Lipinski definition) is 1. The van der Waals surface area contributed by atoms with E-state index in [0.29, 0.717) is 22.8 Å². The Bertz CT molecular complexity index is 912. The summed E-state index contributed by atoms with van der Waals surface area (Å²) < 4.78 is 1.34. The minimum absolute atomic E-state index is 0.0358. The van der Waals surface area contributed by atoms with Crippen molar-refractivity contribution in [3.8, 4) is 0 Å². The lowest BCUT2D eigenvalue weighted by Crippen LogP contribution is -2.16. The van der Waals surface area contributed by atoms with Crippen molar-refractivity contribution in [2.45, 2.75) is 26.8 Å². The zero-order chi connectivity index (χ0) is 16.4. The number of nitrogens with zero attached hydrogens (tertiary/aromatic N) is 3. The number of Topliss-reactive ketones (excluding diaryl/α,β-unsaturated/α-hetero) is 1. The Kier molecular flexibility index (Phi) is 4.20. The molecule has 7 heteroatoms. The third-order valence-corrected chi connectivity index (χ3v) is 4.46. The largest absolute Gasteiger partial charge is 0.379 e. The number of anilines is 1. The highest BCUT2D eigenvalue weighted by atomic mass is 32.1. The fraction of sp³-hybridized carbons (Fsp3) is 0.250. The Labute approximate surface area is 136 Å². The molecule has 0 fully saturated rings. The van der Waals surface area contributed by atoms with Crippen molar-refractivity contribution < 1.29 is 4.79 Å². The molecule has 0 aliphatic rings. The number of carbonyl (C=O) groups excluding carboxylic acids is 1. The van der Waals surface area contributed by atoms with Crippen molar-refractivity contribution in [3.63, 3.8) is 0 Å². The van der Waals surface area contributed by atoms with E-state index in [0.717, 1.165) is 17.1 Å². The fourth-order valence-electron chi connectivity index (χ4n) is 2.14. The number of hydrogen-bond acceptors (Lipinski definition) is 6. The molecule has 1 N–H and O–H groups in total. The molecule has 0 atom stereocenters. The van der Waals surface area contributed by atoms with Crippen LogP contribution in [-0.4, -0.2) is 20.4 Å². The van der Waals surface area contributed by atoms with Crippen LogP contribution < -0.4 is 10.9 Å². The Morgan fingerprint density at radius 2 is 2.04 bits per heavy atom. The molecular weight excluding hydrogens is 312 g/mol. The third kappa shape index (κ3) is 3.29. The first kappa shape index (κ1) is 15.4. The number of aromatic nitrogens is 3. The van der Waals surface area contributed by atoms with Gasteiger partial charge >= 0.3 is 0 Å². The molecule has 3 rings (SSSR count). The van der Waals surface area contributed by atoms with Crippen LogP contribution in [0.2, 0.25) is 0 Å². The van der Waals surface area contributed by atoms with E-state index in [2.05, 4.69) is 15.4 Å². The van der Waals surface area contributed by atoms with Crippen LogP contribution in [-0.2, 0) is 13.0 Å². The smallest absolute Gasteiger partial charge is 0.275 e. The van der Waals surface area contributed by atoms with E-state index in [4.69, 9.17) is 0 Å². The maximum absolute atomic E-state index is 12.1. The highest BCUT2D eigenvalue weighted by Gasteiger charge is 2.08. The molecule has 118 valence electrons. The number of aryl methyl sites for hydroxylation is 1. The number of rotatable bonds is 5. The van der Waals surface area contributed by atoms with Gasteiger partial charge in [0, 0.05) is 17.3 Å². The quantitative estimate of drug-likeness (QED) is 0.728. The number of nitrogens with one attached hydrogen (secondary N) is 1. The van der Waals surface area contributed by atoms with Gasteiger partial charge < -0.3 is 5.32 Å². The lowest BCUT2D eigenvalue weighted by molar-refractivity contribution is 0.101. The summed E-state index contributed by atoms with van der Waals surface area (Å²) >= 11 is 1.43. The van der Waals surface area contributed by atoms with Gasteiger partial charge in [0.05, 0.1) is 12.2 Å². The van der Waals surface area contributed by atoms with Crippen molar-refractivity contribution in [1.82, 2.24) is 14.6 Å². The van der Waals surface area contributed by atoms with Crippen molar-refractivity contribution in [2.24, 2.45) is 0 Å². The van der Waals surface area contributed by atoms with Crippen molar-refractivity contribution in [1.29, 1.82) is 0 Å². The van der Waals surface area contributed by atoms with Crippen molar-refractivity contribution in [2.75, 3.05) is 5.32 Å². The molecule has 2 aromatic heterocycles. The predicted molar refractivity (Wildman–Crippen MR) is 90.3 cm³/mol. The van der Waals surface area contributed by atoms with E-state index in [1.54, 1.807) is 12.1 Å². The van der Waals surface area contributed by atoms with Crippen molar-refractivity contribution in [3.05, 3.63) is 57.0 Å². The molecule has 0 saturated carbocycles. The Balaban J connectivity index is 1.78. The lowest BCUT2D eigenvalue weighted by Gasteiger charge is -2.06. The lowest BCUT2D eigenvalue weighted by atomic mass is 10.1. The van der Waals surface area contributed by atoms with Gasteiger partial charge in [-0.25, -0.2) is 4.98 Å². The first-order valence-electron chi connectivity index (χ1n) is 7.30. The van der Waals surface area contributed by atoms with Crippen LogP contribution in [0.15, 0.2) is 35.1 Å². The average molecular weight is 328 g/mol. The van der Waals surface area contributed by atoms with Gasteiger partial charge in [0.25, 0.3) is 5.56 Å². The standard InChI is InChI=1S/C16H16N4O2S/c1-3-14-19-20-15(22)8-13(18-16(20)23-14)9-17-12-6-4-11(5-7-12)10(2)21/h4-8,17H,3,9H2,1-2H3. The Morgan fingerprint density at radius 1 is 1.30 bits per heavy atom. The van der Waals surface area contributed by atoms with Crippen molar-refractivity contribution >= 4 is 27.8 Å². The molecule has 1 aromatic carbocycles. The van der Waals surface area contributed by atoms with Gasteiger partial charge in [-0.15, -0.1) is 0 Å². The number of fused-ring (bicyclic) bond motifs is 1. The van der Waals surface area contributed by atoms with Crippen LogP contribution in [0.3, 0.4) is 0 Å². The van der Waals surface area contributed by atoms with E-state index in [1.165, 1.54) is 28.8 Å². The molecule has 0 aliphatic heterocycles. The number of benzene rings is 1. The monoisotopic (exact) mass is 328 g/mol. The molecule has 6 nitrogen and oxygen atoms in total. The summed E-state index contributed by atoms with van der Waals surface area (Å²) in [5.74, 6) is 0.0358. The van der Waals surface area contributed by atoms with E-state index < -0.39 is 0 Å². The van der Waals surface area contributed by atoms with Gasteiger partial charge in [-0.05, 0) is 37.6 Å². The first-order chi connectivity index (χ1) is 11.1. The molecule has 0 bridgehead atoms. The second-order valence-electron chi connectivity index (χ2n) is 5.12. The molecule has 3 aromatic rings. The summed E-state index contributed by atoms with van der Waals surface area (Å²) in [5, 5.41) is 8.31. The highest BCUT2D eigenvalue weighted by molar-refractivity contribution is 7.16. The second kappa shape index (κ2) is 6.29. The van der Waals surface area contributed by atoms with Crippen LogP contribution in [0.5, 0.6) is 0 Å². The summed E-state index contributed by atoms with van der Waals surface area (Å²) in [4.78, 5) is 28.4. The van der Waals surface area contributed by atoms with Gasteiger partial charge in [-0.1, -0.05) is 18.3 Å². The zero-order valence-electron chi connectivity index (χ0n) is 12.9. The number of carbonyl (C=O) groups is 1. The van der Waals surface area contributed by atoms with Gasteiger partial charge in [-0.3, -0.25) is 9.59 Å². The molecular formula is C16H16N4O2S. The average Bonchev–Trinajstić information content (AvgIpc) is 2.97. The summed E-state index contributed by atoms with van der Waals surface area (Å²) in [6, 6.07) is 8.71. The minimum atomic E-state index is -0.172. The maximum atomic E-state index is 12.1. The topological polar surface area (TPSA) is 76.4 Å². The van der Waals surface area contributed by atoms with Gasteiger partial charge in [0.1, 0.15) is 5.01 Å². The molecule has 0 saturated heterocycles. The molecule has 2 heterocycles. The van der Waals surface area contributed by atoms with Gasteiger partial charge in [-0.2, -0.15) is 9.61 Å². The van der Waals surface area contributed by atoms with Crippen LogP contribution in [0.25, 0.3) is 4.96 Å². The van der Waals surface area contributed by atoms with Crippen LogP contribution >= 0.6 is 11.3 Å². The fourth-order valence-corrected chi connectivity index (χ4v) is 3.00. The molecule has 0 radical (unpaired) electrons. The van der Waals surface area contributed by atoms with Crippen LogP contribution in [0, 0.1) is 0 Å². The highest BCUT2D eigenvalue weighted by Crippen LogP contribution is 2.13. The Morgan fingerprint density at radius 3 is 2.70 bits per heavy atom. The first-order valence-corrected chi connectivity index (χ1v) is 8.12. The molecule has 0 unspecified atom stereocenters. The molecule has 0 aliphatic carbocycles. The van der Waals surface area contributed by atoms with E-state index >= 15 is 0 Å².